The maximum Gasteiger partial charge on any atom is 0.225 e. The quantitative estimate of drug-likeness (QED) is 0.841. The van der Waals surface area contributed by atoms with E-state index in [9.17, 15) is 4.79 Å². The fourth-order valence-corrected chi connectivity index (χ4v) is 2.95. The van der Waals surface area contributed by atoms with Crippen molar-refractivity contribution < 1.29 is 14.3 Å². The summed E-state index contributed by atoms with van der Waals surface area (Å²) in [6, 6.07) is 16.0. The highest BCUT2D eigenvalue weighted by atomic mass is 16.5. The highest BCUT2D eigenvalue weighted by Crippen LogP contribution is 2.21. The summed E-state index contributed by atoms with van der Waals surface area (Å²) in [7, 11) is 3.35. The van der Waals surface area contributed by atoms with Gasteiger partial charge in [0.15, 0.2) is 0 Å². The summed E-state index contributed by atoms with van der Waals surface area (Å²) in [5, 5.41) is 2.70. The summed E-state index contributed by atoms with van der Waals surface area (Å²) >= 11 is 0. The third-order valence-corrected chi connectivity index (χ3v) is 4.44. The molecular formula is C20H24N2O3. The van der Waals surface area contributed by atoms with Crippen LogP contribution in [0.1, 0.15) is 11.1 Å². The number of benzene rings is 2. The fraction of sp³-hybridized carbons (Fsp3) is 0.350. The summed E-state index contributed by atoms with van der Waals surface area (Å²) in [6.07, 6.45) is 0. The van der Waals surface area contributed by atoms with Gasteiger partial charge in [-0.1, -0.05) is 24.3 Å². The van der Waals surface area contributed by atoms with Crippen molar-refractivity contribution in [3.8, 4) is 11.5 Å². The van der Waals surface area contributed by atoms with Crippen LogP contribution in [0.25, 0.3) is 0 Å². The Bertz CT molecular complexity index is 709. The van der Waals surface area contributed by atoms with Crippen LogP contribution in [-0.4, -0.2) is 38.1 Å². The zero-order valence-electron chi connectivity index (χ0n) is 14.7. The second-order valence-electron chi connectivity index (χ2n) is 6.29. The van der Waals surface area contributed by atoms with Gasteiger partial charge in [0, 0.05) is 26.7 Å². The molecule has 1 heterocycles. The normalized spacial score (nSPS) is 14.6. The molecule has 1 aliphatic rings. The van der Waals surface area contributed by atoms with Gasteiger partial charge in [-0.05, 0) is 35.4 Å². The number of amides is 1. The molecular weight excluding hydrogens is 316 g/mol. The average Bonchev–Trinajstić information content (AvgIpc) is 2.63. The molecule has 3 rings (SSSR count). The number of rotatable bonds is 7. The minimum Gasteiger partial charge on any atom is -0.497 e. The first-order chi connectivity index (χ1) is 12.2. The number of nitrogens with one attached hydrogen (secondary N) is 1. The van der Waals surface area contributed by atoms with E-state index in [0.29, 0.717) is 6.61 Å². The fourth-order valence-electron chi connectivity index (χ4n) is 2.95. The summed E-state index contributed by atoms with van der Waals surface area (Å²) in [4.78, 5) is 13.8. The lowest BCUT2D eigenvalue weighted by Crippen LogP contribution is -2.52. The zero-order chi connectivity index (χ0) is 17.6. The SMILES string of the molecule is CNC(=O)C1CN(Cc2ccc(OCc3cccc(OC)c3)cc2)C1. The summed E-state index contributed by atoms with van der Waals surface area (Å²) < 4.78 is 11.1. The first-order valence-electron chi connectivity index (χ1n) is 8.46. The van der Waals surface area contributed by atoms with Gasteiger partial charge in [-0.3, -0.25) is 9.69 Å². The Morgan fingerprint density at radius 3 is 2.56 bits per heavy atom. The molecule has 2 aromatic carbocycles. The molecule has 0 saturated carbocycles. The van der Waals surface area contributed by atoms with E-state index in [-0.39, 0.29) is 11.8 Å². The first-order valence-corrected chi connectivity index (χ1v) is 8.46. The zero-order valence-corrected chi connectivity index (χ0v) is 14.7. The monoisotopic (exact) mass is 340 g/mol. The number of hydrogen-bond donors (Lipinski definition) is 1. The third-order valence-electron chi connectivity index (χ3n) is 4.44. The van der Waals surface area contributed by atoms with Crippen LogP contribution in [-0.2, 0) is 17.9 Å². The number of nitrogens with zero attached hydrogens (tertiary/aromatic N) is 1. The second-order valence-corrected chi connectivity index (χ2v) is 6.29. The van der Waals surface area contributed by atoms with Crippen LogP contribution >= 0.6 is 0 Å². The Morgan fingerprint density at radius 2 is 1.88 bits per heavy atom. The van der Waals surface area contributed by atoms with Gasteiger partial charge in [-0.15, -0.1) is 0 Å². The van der Waals surface area contributed by atoms with Gasteiger partial charge < -0.3 is 14.8 Å². The number of methoxy groups -OCH3 is 1. The minimum absolute atomic E-state index is 0.135. The number of carbonyl (C=O) groups is 1. The Kier molecular flexibility index (Phi) is 5.56. The van der Waals surface area contributed by atoms with Crippen molar-refractivity contribution in [2.45, 2.75) is 13.2 Å². The van der Waals surface area contributed by atoms with Gasteiger partial charge in [0.2, 0.25) is 5.91 Å². The number of carbonyl (C=O) groups excluding carboxylic acids is 1. The molecule has 0 spiro atoms. The molecule has 0 unspecified atom stereocenters. The van der Waals surface area contributed by atoms with Gasteiger partial charge in [0.1, 0.15) is 18.1 Å². The predicted octanol–water partition coefficient (Wildman–Crippen LogP) is 2.45. The van der Waals surface area contributed by atoms with Crippen LogP contribution in [0.15, 0.2) is 48.5 Å². The van der Waals surface area contributed by atoms with Crippen molar-refractivity contribution in [1.29, 1.82) is 0 Å². The standard InChI is InChI=1S/C20H24N2O3/c1-21-20(23)17-12-22(13-17)11-15-6-8-18(9-7-15)25-14-16-4-3-5-19(10-16)24-2/h3-10,17H,11-14H2,1-2H3,(H,21,23). The van der Waals surface area contributed by atoms with Gasteiger partial charge in [0.05, 0.1) is 13.0 Å². The maximum atomic E-state index is 11.5. The van der Waals surface area contributed by atoms with Crippen LogP contribution in [0.5, 0.6) is 11.5 Å². The molecule has 1 saturated heterocycles. The Hall–Kier alpha value is -2.53. The Morgan fingerprint density at radius 1 is 1.12 bits per heavy atom. The average molecular weight is 340 g/mol. The van der Waals surface area contributed by atoms with Crippen LogP contribution in [0, 0.1) is 5.92 Å². The van der Waals surface area contributed by atoms with Crippen LogP contribution in [0.3, 0.4) is 0 Å². The van der Waals surface area contributed by atoms with Crippen LogP contribution in [0.4, 0.5) is 0 Å². The Labute approximate surface area is 148 Å². The largest absolute Gasteiger partial charge is 0.497 e. The second kappa shape index (κ2) is 8.03. The molecule has 132 valence electrons. The van der Waals surface area contributed by atoms with Gasteiger partial charge in [0.25, 0.3) is 0 Å². The van der Waals surface area contributed by atoms with E-state index in [1.807, 2.05) is 36.4 Å². The topological polar surface area (TPSA) is 50.8 Å². The predicted molar refractivity (Wildman–Crippen MR) is 96.6 cm³/mol. The minimum atomic E-state index is 0.135. The lowest BCUT2D eigenvalue weighted by molar-refractivity contribution is -0.129. The van der Waals surface area contributed by atoms with Crippen molar-refractivity contribution in [1.82, 2.24) is 10.2 Å². The number of likely N-dealkylation sites (tertiary alicyclic amines) is 1. The van der Waals surface area contributed by atoms with E-state index in [1.54, 1.807) is 14.2 Å². The molecule has 0 radical (unpaired) electrons. The highest BCUT2D eigenvalue weighted by molar-refractivity contribution is 5.79. The van der Waals surface area contributed by atoms with Crippen molar-refractivity contribution in [3.05, 3.63) is 59.7 Å². The smallest absolute Gasteiger partial charge is 0.225 e. The molecule has 1 N–H and O–H groups in total. The van der Waals surface area contributed by atoms with E-state index < -0.39 is 0 Å². The highest BCUT2D eigenvalue weighted by Gasteiger charge is 2.31. The lowest BCUT2D eigenvalue weighted by Gasteiger charge is -2.38. The van der Waals surface area contributed by atoms with Crippen molar-refractivity contribution in [2.24, 2.45) is 5.92 Å². The third kappa shape index (κ3) is 4.51. The van der Waals surface area contributed by atoms with Crippen molar-refractivity contribution in [2.75, 3.05) is 27.2 Å². The van der Waals surface area contributed by atoms with E-state index in [2.05, 4.69) is 22.3 Å². The molecule has 0 aromatic heterocycles. The lowest BCUT2D eigenvalue weighted by atomic mass is 9.98. The molecule has 1 aliphatic heterocycles. The Balaban J connectivity index is 1.47. The molecule has 2 aromatic rings. The van der Waals surface area contributed by atoms with Gasteiger partial charge in [-0.25, -0.2) is 0 Å². The molecule has 1 amide bonds. The first kappa shape index (κ1) is 17.3. The molecule has 0 atom stereocenters. The van der Waals surface area contributed by atoms with E-state index in [4.69, 9.17) is 9.47 Å². The number of ether oxygens (including phenoxy) is 2. The molecule has 0 aliphatic carbocycles. The summed E-state index contributed by atoms with van der Waals surface area (Å²) in [6.45, 7) is 3.03. The maximum absolute atomic E-state index is 11.5. The van der Waals surface area contributed by atoms with Crippen LogP contribution < -0.4 is 14.8 Å². The van der Waals surface area contributed by atoms with Crippen LogP contribution in [0.2, 0.25) is 0 Å². The molecule has 0 bridgehead atoms. The van der Waals surface area contributed by atoms with Crippen molar-refractivity contribution >= 4 is 5.91 Å². The number of hydrogen-bond acceptors (Lipinski definition) is 4. The molecule has 25 heavy (non-hydrogen) atoms. The summed E-state index contributed by atoms with van der Waals surface area (Å²) in [5.74, 6) is 1.95. The van der Waals surface area contributed by atoms with Crippen molar-refractivity contribution in [3.63, 3.8) is 0 Å². The molecule has 5 nitrogen and oxygen atoms in total. The summed E-state index contributed by atoms with van der Waals surface area (Å²) in [5.41, 5.74) is 2.30. The molecule has 1 fully saturated rings. The molecule has 5 heteroatoms. The van der Waals surface area contributed by atoms with Gasteiger partial charge >= 0.3 is 0 Å². The van der Waals surface area contributed by atoms with Gasteiger partial charge in [-0.2, -0.15) is 0 Å². The van der Waals surface area contributed by atoms with E-state index >= 15 is 0 Å². The van der Waals surface area contributed by atoms with E-state index in [0.717, 1.165) is 36.7 Å². The van der Waals surface area contributed by atoms with E-state index in [1.165, 1.54) is 5.56 Å².